The van der Waals surface area contributed by atoms with E-state index in [1.807, 2.05) is 0 Å². The number of para-hydroxylation sites is 2. The standard InChI is InChI=1S/C21H17Cl2N3O5S/c1-31-19-8-3-2-7-18(19)26-32(29,30)15-6-4-5-13(11-15)20(27)24-25-21(28)16-10-9-14(22)12-17(16)23/h2-12,26H,1H3,(H,24,27)(H,25,28). The number of hydrogen-bond donors (Lipinski definition) is 3. The Kier molecular flexibility index (Phi) is 7.24. The van der Waals surface area contributed by atoms with Gasteiger partial charge in [0.25, 0.3) is 21.8 Å². The van der Waals surface area contributed by atoms with Crippen LogP contribution in [0.1, 0.15) is 20.7 Å². The Balaban J connectivity index is 1.73. The topological polar surface area (TPSA) is 114 Å². The minimum Gasteiger partial charge on any atom is -0.495 e. The van der Waals surface area contributed by atoms with Crippen molar-refractivity contribution in [3.63, 3.8) is 0 Å². The number of sulfonamides is 1. The summed E-state index contributed by atoms with van der Waals surface area (Å²) >= 11 is 11.8. The predicted molar refractivity (Wildman–Crippen MR) is 122 cm³/mol. The Labute approximate surface area is 194 Å². The van der Waals surface area contributed by atoms with Crippen LogP contribution in [0.2, 0.25) is 10.0 Å². The summed E-state index contributed by atoms with van der Waals surface area (Å²) < 4.78 is 33.1. The number of hydrazine groups is 1. The molecule has 0 aliphatic carbocycles. The highest BCUT2D eigenvalue weighted by Gasteiger charge is 2.19. The summed E-state index contributed by atoms with van der Waals surface area (Å²) in [6.07, 6.45) is 0. The molecule has 0 saturated heterocycles. The number of carbonyl (C=O) groups excluding carboxylic acids is 2. The zero-order valence-corrected chi connectivity index (χ0v) is 18.9. The molecule has 11 heteroatoms. The van der Waals surface area contributed by atoms with E-state index >= 15 is 0 Å². The van der Waals surface area contributed by atoms with Gasteiger partial charge < -0.3 is 4.74 Å². The molecule has 0 heterocycles. The predicted octanol–water partition coefficient (Wildman–Crippen LogP) is 3.88. The molecule has 0 unspecified atom stereocenters. The molecule has 0 aliphatic rings. The first-order valence-electron chi connectivity index (χ1n) is 9.03. The molecule has 0 fully saturated rings. The lowest BCUT2D eigenvalue weighted by Crippen LogP contribution is -2.41. The van der Waals surface area contributed by atoms with E-state index in [4.69, 9.17) is 27.9 Å². The number of rotatable bonds is 6. The van der Waals surface area contributed by atoms with Crippen LogP contribution in [-0.2, 0) is 10.0 Å². The summed E-state index contributed by atoms with van der Waals surface area (Å²) in [5.41, 5.74) is 4.81. The molecule has 8 nitrogen and oxygen atoms in total. The third-order valence-corrected chi connectivity index (χ3v) is 6.13. The molecular formula is C21H17Cl2N3O5S. The van der Waals surface area contributed by atoms with Crippen LogP contribution in [0.3, 0.4) is 0 Å². The van der Waals surface area contributed by atoms with Gasteiger partial charge in [-0.15, -0.1) is 0 Å². The van der Waals surface area contributed by atoms with Crippen LogP contribution < -0.4 is 20.3 Å². The number of benzene rings is 3. The Morgan fingerprint density at radius 1 is 0.875 bits per heavy atom. The minimum atomic E-state index is -4.01. The second-order valence-corrected chi connectivity index (χ2v) is 8.89. The lowest BCUT2D eigenvalue weighted by atomic mass is 10.2. The first-order chi connectivity index (χ1) is 15.2. The lowest BCUT2D eigenvalue weighted by molar-refractivity contribution is 0.0846. The molecular weight excluding hydrogens is 477 g/mol. The Hall–Kier alpha value is -3.27. The van der Waals surface area contributed by atoms with E-state index < -0.39 is 21.8 Å². The van der Waals surface area contributed by atoms with E-state index in [0.717, 1.165) is 0 Å². The normalized spacial score (nSPS) is 10.8. The number of nitrogens with one attached hydrogen (secondary N) is 3. The molecule has 0 bridgehead atoms. The first kappa shape index (κ1) is 23.4. The second kappa shape index (κ2) is 9.90. The van der Waals surface area contributed by atoms with Crippen molar-refractivity contribution in [2.24, 2.45) is 0 Å². The van der Waals surface area contributed by atoms with Crippen LogP contribution in [0.5, 0.6) is 5.75 Å². The van der Waals surface area contributed by atoms with Crippen molar-refractivity contribution in [2.75, 3.05) is 11.8 Å². The number of amides is 2. The third-order valence-electron chi connectivity index (χ3n) is 4.22. The van der Waals surface area contributed by atoms with E-state index in [1.165, 1.54) is 49.6 Å². The van der Waals surface area contributed by atoms with E-state index in [9.17, 15) is 18.0 Å². The highest BCUT2D eigenvalue weighted by atomic mass is 35.5. The lowest BCUT2D eigenvalue weighted by Gasteiger charge is -2.12. The monoisotopic (exact) mass is 493 g/mol. The van der Waals surface area contributed by atoms with Gasteiger partial charge in [-0.1, -0.05) is 41.4 Å². The number of hydrogen-bond acceptors (Lipinski definition) is 5. The molecule has 0 saturated carbocycles. The van der Waals surface area contributed by atoms with E-state index in [2.05, 4.69) is 15.6 Å². The summed E-state index contributed by atoms with van der Waals surface area (Å²) in [7, 11) is -2.59. The number of anilines is 1. The fourth-order valence-electron chi connectivity index (χ4n) is 2.66. The second-order valence-electron chi connectivity index (χ2n) is 6.37. The Morgan fingerprint density at radius 3 is 2.31 bits per heavy atom. The van der Waals surface area contributed by atoms with Gasteiger partial charge in [-0.2, -0.15) is 0 Å². The zero-order valence-electron chi connectivity index (χ0n) is 16.6. The van der Waals surface area contributed by atoms with Crippen molar-refractivity contribution in [2.45, 2.75) is 4.90 Å². The van der Waals surface area contributed by atoms with Crippen molar-refractivity contribution in [3.05, 3.63) is 87.9 Å². The largest absolute Gasteiger partial charge is 0.495 e. The van der Waals surface area contributed by atoms with Gasteiger partial charge in [0, 0.05) is 10.6 Å². The summed E-state index contributed by atoms with van der Waals surface area (Å²) in [5.74, 6) is -1.05. The van der Waals surface area contributed by atoms with E-state index in [0.29, 0.717) is 10.8 Å². The Morgan fingerprint density at radius 2 is 1.59 bits per heavy atom. The van der Waals surface area contributed by atoms with Crippen molar-refractivity contribution in [1.82, 2.24) is 10.9 Å². The molecule has 3 aromatic carbocycles. The number of methoxy groups -OCH3 is 1. The highest BCUT2D eigenvalue weighted by molar-refractivity contribution is 7.92. The smallest absolute Gasteiger partial charge is 0.271 e. The average molecular weight is 494 g/mol. The summed E-state index contributed by atoms with van der Waals surface area (Å²) in [6.45, 7) is 0. The molecule has 3 N–H and O–H groups in total. The molecule has 0 atom stereocenters. The van der Waals surface area contributed by atoms with Crippen LogP contribution >= 0.6 is 23.2 Å². The van der Waals surface area contributed by atoms with Gasteiger partial charge in [0.2, 0.25) is 0 Å². The maximum absolute atomic E-state index is 12.8. The summed E-state index contributed by atoms with van der Waals surface area (Å²) in [6, 6.07) is 16.1. The molecule has 2 amide bonds. The number of ether oxygens (including phenoxy) is 1. The van der Waals surface area contributed by atoms with Crippen LogP contribution in [0.4, 0.5) is 5.69 Å². The molecule has 32 heavy (non-hydrogen) atoms. The van der Waals surface area contributed by atoms with Crippen LogP contribution in [0, 0.1) is 0 Å². The van der Waals surface area contributed by atoms with Crippen LogP contribution in [-0.4, -0.2) is 27.3 Å². The first-order valence-corrected chi connectivity index (χ1v) is 11.3. The van der Waals surface area contributed by atoms with E-state index in [1.54, 1.807) is 24.3 Å². The van der Waals surface area contributed by atoms with Gasteiger partial charge in [0.15, 0.2) is 0 Å². The molecule has 3 aromatic rings. The molecule has 0 spiro atoms. The van der Waals surface area contributed by atoms with Crippen LogP contribution in [0.15, 0.2) is 71.6 Å². The van der Waals surface area contributed by atoms with Gasteiger partial charge in [0.1, 0.15) is 5.75 Å². The molecule has 166 valence electrons. The summed E-state index contributed by atoms with van der Waals surface area (Å²) in [4.78, 5) is 24.5. The summed E-state index contributed by atoms with van der Waals surface area (Å²) in [5, 5.41) is 0.468. The Bertz CT molecular complexity index is 1280. The minimum absolute atomic E-state index is 0.00963. The van der Waals surface area contributed by atoms with Gasteiger partial charge in [-0.25, -0.2) is 8.42 Å². The molecule has 0 aliphatic heterocycles. The number of halogens is 2. The maximum Gasteiger partial charge on any atom is 0.271 e. The molecule has 3 rings (SSSR count). The fourth-order valence-corrected chi connectivity index (χ4v) is 4.27. The van der Waals surface area contributed by atoms with Crippen molar-refractivity contribution in [1.29, 1.82) is 0 Å². The fraction of sp³-hybridized carbons (Fsp3) is 0.0476. The van der Waals surface area contributed by atoms with Gasteiger partial charge in [0.05, 0.1) is 28.3 Å². The molecule has 0 aromatic heterocycles. The quantitative estimate of drug-likeness (QED) is 0.451. The van der Waals surface area contributed by atoms with Crippen molar-refractivity contribution < 1.29 is 22.7 Å². The van der Waals surface area contributed by atoms with E-state index in [-0.39, 0.29) is 26.7 Å². The molecule has 0 radical (unpaired) electrons. The van der Waals surface area contributed by atoms with Crippen molar-refractivity contribution >= 4 is 50.7 Å². The highest BCUT2D eigenvalue weighted by Crippen LogP contribution is 2.26. The SMILES string of the molecule is COc1ccccc1NS(=O)(=O)c1cccc(C(=O)NNC(=O)c2ccc(Cl)cc2Cl)c1. The van der Waals surface area contributed by atoms with Crippen molar-refractivity contribution in [3.8, 4) is 5.75 Å². The van der Waals surface area contributed by atoms with Crippen LogP contribution in [0.25, 0.3) is 0 Å². The number of carbonyl (C=O) groups is 2. The van der Waals surface area contributed by atoms with Gasteiger partial charge >= 0.3 is 0 Å². The third kappa shape index (κ3) is 5.50. The average Bonchev–Trinajstić information content (AvgIpc) is 2.77. The zero-order chi connectivity index (χ0) is 23.3. The maximum atomic E-state index is 12.8. The van der Waals surface area contributed by atoms with Gasteiger partial charge in [-0.3, -0.25) is 25.2 Å². The van der Waals surface area contributed by atoms with Gasteiger partial charge in [-0.05, 0) is 48.5 Å².